The summed E-state index contributed by atoms with van der Waals surface area (Å²) in [7, 11) is 0. The molecule has 0 heteroatoms. The molecule has 0 nitrogen and oxygen atoms in total. The molecule has 0 N–H and O–H groups in total. The van der Waals surface area contributed by atoms with Gasteiger partial charge >= 0.3 is 0 Å². The van der Waals surface area contributed by atoms with Crippen LogP contribution in [0.15, 0.2) is 54.1 Å². The van der Waals surface area contributed by atoms with E-state index in [-0.39, 0.29) is 0 Å². The van der Waals surface area contributed by atoms with Crippen LogP contribution < -0.4 is 0 Å². The van der Waals surface area contributed by atoms with Crippen LogP contribution in [0.4, 0.5) is 0 Å². The highest BCUT2D eigenvalue weighted by Crippen LogP contribution is 2.40. The van der Waals surface area contributed by atoms with E-state index in [4.69, 9.17) is 0 Å². The molecule has 1 aliphatic carbocycles. The van der Waals surface area contributed by atoms with E-state index in [0.29, 0.717) is 11.8 Å². The fourth-order valence-electron chi connectivity index (χ4n) is 2.64. The molecule has 2 rings (SSSR count). The lowest BCUT2D eigenvalue weighted by Crippen LogP contribution is -2.17. The smallest absolute Gasteiger partial charge is 0.00588 e. The zero-order valence-electron chi connectivity index (χ0n) is 10.2. The minimum absolute atomic E-state index is 0.603. The molecule has 0 aliphatic heterocycles. The van der Waals surface area contributed by atoms with Crippen LogP contribution in [-0.4, -0.2) is 0 Å². The van der Waals surface area contributed by atoms with Crippen molar-refractivity contribution in [3.63, 3.8) is 0 Å². The summed E-state index contributed by atoms with van der Waals surface area (Å²) in [6, 6.07) is 10.8. The van der Waals surface area contributed by atoms with E-state index in [2.05, 4.69) is 56.8 Å². The third kappa shape index (κ3) is 2.11. The SMILES string of the molecule is C=CC1CC(C)=C(C)CC1c1ccccc1. The van der Waals surface area contributed by atoms with Gasteiger partial charge in [0.1, 0.15) is 0 Å². The second-order valence-electron chi connectivity index (χ2n) is 4.89. The minimum Gasteiger partial charge on any atom is -0.103 e. The first kappa shape index (κ1) is 11.2. The van der Waals surface area contributed by atoms with Crippen LogP contribution in [0.25, 0.3) is 0 Å². The Morgan fingerprint density at radius 3 is 2.31 bits per heavy atom. The van der Waals surface area contributed by atoms with Crippen molar-refractivity contribution >= 4 is 0 Å². The van der Waals surface area contributed by atoms with Crippen molar-refractivity contribution in [3.8, 4) is 0 Å². The zero-order chi connectivity index (χ0) is 11.5. The van der Waals surface area contributed by atoms with Crippen LogP contribution in [0.3, 0.4) is 0 Å². The van der Waals surface area contributed by atoms with Gasteiger partial charge < -0.3 is 0 Å². The molecule has 0 saturated carbocycles. The van der Waals surface area contributed by atoms with Gasteiger partial charge in [-0.25, -0.2) is 0 Å². The van der Waals surface area contributed by atoms with Crippen molar-refractivity contribution in [2.45, 2.75) is 32.6 Å². The van der Waals surface area contributed by atoms with Gasteiger partial charge in [0.2, 0.25) is 0 Å². The van der Waals surface area contributed by atoms with Crippen LogP contribution in [-0.2, 0) is 0 Å². The Bertz CT molecular complexity index is 397. The highest BCUT2D eigenvalue weighted by atomic mass is 14.3. The summed E-state index contributed by atoms with van der Waals surface area (Å²) < 4.78 is 0. The third-order valence-corrected chi connectivity index (χ3v) is 3.84. The van der Waals surface area contributed by atoms with Gasteiger partial charge in [-0.15, -0.1) is 6.58 Å². The van der Waals surface area contributed by atoms with E-state index in [1.54, 1.807) is 11.1 Å². The molecule has 1 aromatic rings. The van der Waals surface area contributed by atoms with E-state index in [0.717, 1.165) is 0 Å². The first-order valence-corrected chi connectivity index (χ1v) is 6.05. The number of hydrogen-bond donors (Lipinski definition) is 0. The number of hydrogen-bond acceptors (Lipinski definition) is 0. The van der Waals surface area contributed by atoms with Crippen LogP contribution in [0.2, 0.25) is 0 Å². The topological polar surface area (TPSA) is 0 Å². The molecule has 0 heterocycles. The summed E-state index contributed by atoms with van der Waals surface area (Å²) >= 11 is 0. The highest BCUT2D eigenvalue weighted by Gasteiger charge is 2.25. The summed E-state index contributed by atoms with van der Waals surface area (Å²) in [6.07, 6.45) is 4.50. The highest BCUT2D eigenvalue weighted by molar-refractivity contribution is 5.29. The van der Waals surface area contributed by atoms with Gasteiger partial charge in [-0.2, -0.15) is 0 Å². The van der Waals surface area contributed by atoms with Crippen molar-refractivity contribution in [1.82, 2.24) is 0 Å². The maximum absolute atomic E-state index is 4.00. The second kappa shape index (κ2) is 4.69. The normalized spacial score (nSPS) is 25.6. The predicted molar refractivity (Wildman–Crippen MR) is 70.5 cm³/mol. The van der Waals surface area contributed by atoms with E-state index < -0.39 is 0 Å². The summed E-state index contributed by atoms with van der Waals surface area (Å²) in [6.45, 7) is 8.52. The molecule has 0 fully saturated rings. The fourth-order valence-corrected chi connectivity index (χ4v) is 2.64. The summed E-state index contributed by atoms with van der Waals surface area (Å²) in [5.41, 5.74) is 4.57. The lowest BCUT2D eigenvalue weighted by atomic mass is 9.73. The molecule has 0 bridgehead atoms. The summed E-state index contributed by atoms with van der Waals surface area (Å²) in [5, 5.41) is 0. The van der Waals surface area contributed by atoms with Crippen molar-refractivity contribution in [3.05, 3.63) is 59.7 Å². The zero-order valence-corrected chi connectivity index (χ0v) is 10.2. The Kier molecular flexibility index (Phi) is 3.28. The Morgan fingerprint density at radius 1 is 1.06 bits per heavy atom. The Morgan fingerprint density at radius 2 is 1.69 bits per heavy atom. The quantitative estimate of drug-likeness (QED) is 0.623. The average molecular weight is 212 g/mol. The average Bonchev–Trinajstić information content (AvgIpc) is 2.33. The molecule has 0 amide bonds. The van der Waals surface area contributed by atoms with Gasteiger partial charge in [0.05, 0.1) is 0 Å². The molecular weight excluding hydrogens is 192 g/mol. The monoisotopic (exact) mass is 212 g/mol. The predicted octanol–water partition coefficient (Wildman–Crippen LogP) is 4.70. The van der Waals surface area contributed by atoms with Crippen molar-refractivity contribution in [1.29, 1.82) is 0 Å². The standard InChI is InChI=1S/C16H20/c1-4-14-10-12(2)13(3)11-16(14)15-8-6-5-7-9-15/h4-9,14,16H,1,10-11H2,2-3H3. The first-order chi connectivity index (χ1) is 7.72. The third-order valence-electron chi connectivity index (χ3n) is 3.84. The maximum atomic E-state index is 4.00. The first-order valence-electron chi connectivity index (χ1n) is 6.05. The summed E-state index contributed by atoms with van der Waals surface area (Å²) in [5.74, 6) is 1.23. The lowest BCUT2D eigenvalue weighted by Gasteiger charge is -2.31. The van der Waals surface area contributed by atoms with Gasteiger partial charge in [0.15, 0.2) is 0 Å². The van der Waals surface area contributed by atoms with Crippen molar-refractivity contribution in [2.24, 2.45) is 5.92 Å². The number of benzene rings is 1. The molecule has 84 valence electrons. The van der Waals surface area contributed by atoms with Crippen LogP contribution in [0.5, 0.6) is 0 Å². The van der Waals surface area contributed by atoms with Crippen LogP contribution >= 0.6 is 0 Å². The van der Waals surface area contributed by atoms with Crippen molar-refractivity contribution < 1.29 is 0 Å². The molecule has 0 saturated heterocycles. The van der Waals surface area contributed by atoms with E-state index in [1.165, 1.54) is 18.4 Å². The van der Waals surface area contributed by atoms with E-state index in [9.17, 15) is 0 Å². The number of allylic oxidation sites excluding steroid dienone is 3. The van der Waals surface area contributed by atoms with Gasteiger partial charge in [-0.3, -0.25) is 0 Å². The molecule has 0 radical (unpaired) electrons. The molecule has 16 heavy (non-hydrogen) atoms. The minimum atomic E-state index is 0.603. The Hall–Kier alpha value is -1.30. The Balaban J connectivity index is 2.31. The van der Waals surface area contributed by atoms with Gasteiger partial charge in [0.25, 0.3) is 0 Å². The van der Waals surface area contributed by atoms with Crippen LogP contribution in [0.1, 0.15) is 38.2 Å². The van der Waals surface area contributed by atoms with Crippen molar-refractivity contribution in [2.75, 3.05) is 0 Å². The molecular formula is C16H20. The fraction of sp³-hybridized carbons (Fsp3) is 0.375. The van der Waals surface area contributed by atoms with Crippen LogP contribution in [0, 0.1) is 5.92 Å². The second-order valence-corrected chi connectivity index (χ2v) is 4.89. The van der Waals surface area contributed by atoms with E-state index in [1.807, 2.05) is 0 Å². The molecule has 1 aliphatic rings. The molecule has 2 unspecified atom stereocenters. The van der Waals surface area contributed by atoms with E-state index >= 15 is 0 Å². The largest absolute Gasteiger partial charge is 0.103 e. The lowest BCUT2D eigenvalue weighted by molar-refractivity contribution is 0.468. The number of rotatable bonds is 2. The van der Waals surface area contributed by atoms with Gasteiger partial charge in [0, 0.05) is 0 Å². The Labute approximate surface area is 98.7 Å². The van der Waals surface area contributed by atoms with Gasteiger partial charge in [-0.1, -0.05) is 47.6 Å². The maximum Gasteiger partial charge on any atom is -0.00588 e. The van der Waals surface area contributed by atoms with Gasteiger partial charge in [-0.05, 0) is 44.1 Å². The molecule has 0 aromatic heterocycles. The molecule has 2 atom stereocenters. The summed E-state index contributed by atoms with van der Waals surface area (Å²) in [4.78, 5) is 0. The molecule has 1 aromatic carbocycles. The molecule has 0 spiro atoms.